The number of rotatable bonds is 3. The highest BCUT2D eigenvalue weighted by Crippen LogP contribution is 2.65. The monoisotopic (exact) mass is 455 g/mol. The topological polar surface area (TPSA) is 62.3 Å². The van der Waals surface area contributed by atoms with Gasteiger partial charge in [-0.05, 0) is 85.8 Å². The Bertz CT molecular complexity index is 947. The van der Waals surface area contributed by atoms with E-state index < -0.39 is 0 Å². The van der Waals surface area contributed by atoms with Crippen molar-refractivity contribution in [1.29, 1.82) is 0 Å². The number of aromatic nitrogens is 1. The predicted octanol–water partition coefficient (Wildman–Crippen LogP) is 5.32. The number of nitrogens with zero attached hydrogens (tertiary/aromatic N) is 2. The standard InChI is InChI=1S/C26H34ClN3O2/c1-25-12-10-20-18(6-8-21-26(20,2)13-11-24(32)30(21)3)19(25)7-4-16(25)14-23(31)29-22-9-5-17(27)15-28-22/h5,9,11,13,15-16,18-21H,4,6-8,10,12,14H2,1-3H3,(H,28,29,31)/t16?,18-,19-,20-,21+,25+,26+/m0/s1. The number of halogens is 1. The zero-order valence-corrected chi connectivity index (χ0v) is 20.1. The molecule has 0 aromatic carbocycles. The third-order valence-electron chi connectivity index (χ3n) is 9.75. The molecule has 0 spiro atoms. The van der Waals surface area contributed by atoms with Crippen molar-refractivity contribution in [3.8, 4) is 0 Å². The average Bonchev–Trinajstić information content (AvgIpc) is 3.09. The van der Waals surface area contributed by atoms with Crippen molar-refractivity contribution in [3.05, 3.63) is 35.5 Å². The van der Waals surface area contributed by atoms with Gasteiger partial charge in [0.1, 0.15) is 5.82 Å². The number of hydrogen-bond donors (Lipinski definition) is 1. The van der Waals surface area contributed by atoms with Crippen LogP contribution in [0.25, 0.3) is 0 Å². The van der Waals surface area contributed by atoms with E-state index in [1.54, 1.807) is 24.4 Å². The number of amides is 2. The Morgan fingerprint density at radius 2 is 2.00 bits per heavy atom. The van der Waals surface area contributed by atoms with Crippen molar-refractivity contribution in [1.82, 2.24) is 9.88 Å². The highest BCUT2D eigenvalue weighted by atomic mass is 35.5. The number of fused-ring (bicyclic) bond motifs is 5. The van der Waals surface area contributed by atoms with E-state index in [0.717, 1.165) is 12.8 Å². The molecule has 5 nitrogen and oxygen atoms in total. The van der Waals surface area contributed by atoms with Gasteiger partial charge in [0.25, 0.3) is 0 Å². The van der Waals surface area contributed by atoms with E-state index in [2.05, 4.69) is 30.2 Å². The summed E-state index contributed by atoms with van der Waals surface area (Å²) >= 11 is 5.91. The third-order valence-corrected chi connectivity index (χ3v) is 9.97. The van der Waals surface area contributed by atoms with E-state index in [4.69, 9.17) is 11.6 Å². The highest BCUT2D eigenvalue weighted by Gasteiger charge is 2.60. The van der Waals surface area contributed by atoms with Gasteiger partial charge in [0.05, 0.1) is 5.02 Å². The van der Waals surface area contributed by atoms with Crippen LogP contribution in [0.3, 0.4) is 0 Å². The van der Waals surface area contributed by atoms with Gasteiger partial charge in [-0.3, -0.25) is 9.59 Å². The smallest absolute Gasteiger partial charge is 0.246 e. The first-order valence-electron chi connectivity index (χ1n) is 12.1. The van der Waals surface area contributed by atoms with E-state index in [1.165, 1.54) is 25.7 Å². The van der Waals surface area contributed by atoms with Gasteiger partial charge in [-0.2, -0.15) is 0 Å². The molecule has 3 fully saturated rings. The Morgan fingerprint density at radius 1 is 1.19 bits per heavy atom. The summed E-state index contributed by atoms with van der Waals surface area (Å²) in [7, 11) is 1.97. The van der Waals surface area contributed by atoms with Crippen molar-refractivity contribution in [2.75, 3.05) is 12.4 Å². The Morgan fingerprint density at radius 3 is 2.75 bits per heavy atom. The molecular formula is C26H34ClN3O2. The Labute approximate surface area is 196 Å². The van der Waals surface area contributed by atoms with Gasteiger partial charge in [-0.1, -0.05) is 31.5 Å². The number of pyridine rings is 1. The molecule has 1 aromatic heterocycles. The van der Waals surface area contributed by atoms with Crippen LogP contribution in [0.5, 0.6) is 0 Å². The third kappa shape index (κ3) is 3.39. The van der Waals surface area contributed by atoms with Gasteiger partial charge < -0.3 is 10.2 Å². The molecule has 4 aliphatic rings. The average molecular weight is 456 g/mol. The minimum Gasteiger partial charge on any atom is -0.338 e. The van der Waals surface area contributed by atoms with E-state index in [0.29, 0.717) is 47.0 Å². The number of carbonyl (C=O) groups excluding carboxylic acids is 2. The molecular weight excluding hydrogens is 422 g/mol. The molecule has 0 saturated heterocycles. The largest absolute Gasteiger partial charge is 0.338 e. The molecule has 1 N–H and O–H groups in total. The number of hydrogen-bond acceptors (Lipinski definition) is 3. The van der Waals surface area contributed by atoms with Gasteiger partial charge in [-0.15, -0.1) is 0 Å². The Balaban J connectivity index is 1.31. The Kier molecular flexibility index (Phi) is 5.39. The zero-order chi connectivity index (χ0) is 22.7. The molecule has 1 unspecified atom stereocenters. The van der Waals surface area contributed by atoms with Crippen LogP contribution in [-0.4, -0.2) is 34.8 Å². The van der Waals surface area contributed by atoms with Crippen molar-refractivity contribution >= 4 is 29.2 Å². The molecule has 172 valence electrons. The summed E-state index contributed by atoms with van der Waals surface area (Å²) in [5, 5.41) is 3.53. The molecule has 3 aliphatic carbocycles. The summed E-state index contributed by atoms with van der Waals surface area (Å²) in [5.41, 5.74) is 0.290. The lowest BCUT2D eigenvalue weighted by Gasteiger charge is -2.60. The number of anilines is 1. The molecule has 2 amide bonds. The van der Waals surface area contributed by atoms with Crippen LogP contribution < -0.4 is 5.32 Å². The van der Waals surface area contributed by atoms with E-state index in [1.807, 2.05) is 11.9 Å². The van der Waals surface area contributed by atoms with E-state index in [-0.39, 0.29) is 22.6 Å². The summed E-state index contributed by atoms with van der Waals surface area (Å²) in [6.07, 6.45) is 13.1. The lowest BCUT2D eigenvalue weighted by molar-refractivity contribution is -0.139. The normalized spacial score (nSPS) is 40.4. The van der Waals surface area contributed by atoms with Crippen molar-refractivity contribution in [2.45, 2.75) is 64.8 Å². The van der Waals surface area contributed by atoms with Crippen LogP contribution in [0.1, 0.15) is 58.8 Å². The second-order valence-corrected chi connectivity index (χ2v) is 11.5. The molecule has 0 bridgehead atoms. The number of likely N-dealkylation sites (N-methyl/N-ethyl adjacent to an activating group) is 1. The van der Waals surface area contributed by atoms with Crippen molar-refractivity contribution in [3.63, 3.8) is 0 Å². The van der Waals surface area contributed by atoms with Crippen LogP contribution in [0, 0.1) is 34.5 Å². The summed E-state index contributed by atoms with van der Waals surface area (Å²) in [5.74, 6) is 3.16. The zero-order valence-electron chi connectivity index (χ0n) is 19.3. The maximum absolute atomic E-state index is 12.8. The minimum atomic E-state index is 0.0554. The molecule has 5 rings (SSSR count). The molecule has 3 saturated carbocycles. The maximum Gasteiger partial charge on any atom is 0.246 e. The summed E-state index contributed by atoms with van der Waals surface area (Å²) in [6, 6.07) is 3.82. The maximum atomic E-state index is 12.8. The fourth-order valence-electron chi connectivity index (χ4n) is 8.05. The second-order valence-electron chi connectivity index (χ2n) is 11.1. The van der Waals surface area contributed by atoms with Crippen LogP contribution >= 0.6 is 11.6 Å². The lowest BCUT2D eigenvalue weighted by Crippen LogP contribution is -2.59. The van der Waals surface area contributed by atoms with Crippen LogP contribution in [0.2, 0.25) is 5.02 Å². The molecule has 32 heavy (non-hydrogen) atoms. The van der Waals surface area contributed by atoms with Gasteiger partial charge >= 0.3 is 0 Å². The quantitative estimate of drug-likeness (QED) is 0.670. The fraction of sp³-hybridized carbons (Fsp3) is 0.654. The van der Waals surface area contributed by atoms with Crippen LogP contribution in [0.4, 0.5) is 5.82 Å². The SMILES string of the molecule is CN1C(=O)C=C[C@]2(C)[C@H]3CC[C@]4(C)C(CC(=O)Nc5ccc(Cl)cn5)CC[C@H]4[C@@H]3CC[C@@H]12. The second kappa shape index (κ2) is 7.86. The predicted molar refractivity (Wildman–Crippen MR) is 126 cm³/mol. The number of nitrogens with one attached hydrogen (secondary N) is 1. The first-order chi connectivity index (χ1) is 15.2. The van der Waals surface area contributed by atoms with Crippen molar-refractivity contribution < 1.29 is 9.59 Å². The highest BCUT2D eigenvalue weighted by molar-refractivity contribution is 6.30. The summed E-state index contributed by atoms with van der Waals surface area (Å²) in [4.78, 5) is 31.3. The van der Waals surface area contributed by atoms with Gasteiger partial charge in [-0.25, -0.2) is 4.98 Å². The number of carbonyl (C=O) groups is 2. The lowest BCUT2D eigenvalue weighted by atomic mass is 9.47. The first-order valence-corrected chi connectivity index (χ1v) is 12.5. The minimum absolute atomic E-state index is 0.0554. The first kappa shape index (κ1) is 21.9. The van der Waals surface area contributed by atoms with Gasteiger partial charge in [0.2, 0.25) is 11.8 Å². The Hall–Kier alpha value is -1.88. The van der Waals surface area contributed by atoms with Crippen LogP contribution in [-0.2, 0) is 9.59 Å². The van der Waals surface area contributed by atoms with E-state index >= 15 is 0 Å². The van der Waals surface area contributed by atoms with Gasteiger partial charge in [0.15, 0.2) is 0 Å². The molecule has 1 aliphatic heterocycles. The van der Waals surface area contributed by atoms with Gasteiger partial charge in [0, 0.05) is 31.1 Å². The molecule has 2 heterocycles. The van der Waals surface area contributed by atoms with E-state index in [9.17, 15) is 9.59 Å². The summed E-state index contributed by atoms with van der Waals surface area (Å²) in [6.45, 7) is 4.83. The summed E-state index contributed by atoms with van der Waals surface area (Å²) < 4.78 is 0. The molecule has 6 heteroatoms. The molecule has 1 aromatic rings. The van der Waals surface area contributed by atoms with Crippen molar-refractivity contribution in [2.24, 2.45) is 34.5 Å². The van der Waals surface area contributed by atoms with Crippen LogP contribution in [0.15, 0.2) is 30.5 Å². The molecule has 0 radical (unpaired) electrons. The fourth-order valence-corrected chi connectivity index (χ4v) is 8.16. The molecule has 7 atom stereocenters.